The molecule has 0 saturated carbocycles. The number of hydrogen-bond donors (Lipinski definition) is 2. The predicted molar refractivity (Wildman–Crippen MR) is 54.5 cm³/mol. The highest BCUT2D eigenvalue weighted by atomic mass is 16.5. The standard InChI is InChI=1S/C11H15NO2/c1-12-10(7-13)8-2-3-11-9(6-8)4-5-14-11/h2-3,6,10,12-13H,4-5,7H2,1H3. The Morgan fingerprint density at radius 3 is 3.14 bits per heavy atom. The molecule has 1 aliphatic heterocycles. The highest BCUT2D eigenvalue weighted by Crippen LogP contribution is 2.27. The van der Waals surface area contributed by atoms with Crippen molar-refractivity contribution >= 4 is 0 Å². The minimum absolute atomic E-state index is 0.0286. The third-order valence-electron chi connectivity index (χ3n) is 2.65. The third kappa shape index (κ3) is 1.61. The molecule has 0 radical (unpaired) electrons. The number of aliphatic hydroxyl groups excluding tert-OH is 1. The van der Waals surface area contributed by atoms with Crippen molar-refractivity contribution in [3.63, 3.8) is 0 Å². The molecule has 1 aromatic carbocycles. The largest absolute Gasteiger partial charge is 0.493 e. The summed E-state index contributed by atoms with van der Waals surface area (Å²) in [5.74, 6) is 0.988. The molecule has 0 saturated heterocycles. The van der Waals surface area contributed by atoms with Gasteiger partial charge in [-0.3, -0.25) is 0 Å². The minimum Gasteiger partial charge on any atom is -0.493 e. The number of nitrogens with one attached hydrogen (secondary N) is 1. The van der Waals surface area contributed by atoms with Crippen LogP contribution in [0.2, 0.25) is 0 Å². The molecule has 3 heteroatoms. The molecule has 0 bridgehead atoms. The zero-order chi connectivity index (χ0) is 9.97. The van der Waals surface area contributed by atoms with Crippen LogP contribution >= 0.6 is 0 Å². The maximum absolute atomic E-state index is 9.13. The molecule has 1 heterocycles. The normalized spacial score (nSPS) is 16.1. The topological polar surface area (TPSA) is 41.5 Å². The molecule has 2 N–H and O–H groups in total. The van der Waals surface area contributed by atoms with E-state index in [9.17, 15) is 0 Å². The number of rotatable bonds is 3. The molecule has 0 amide bonds. The van der Waals surface area contributed by atoms with E-state index in [1.54, 1.807) is 0 Å². The van der Waals surface area contributed by atoms with Gasteiger partial charge in [-0.25, -0.2) is 0 Å². The van der Waals surface area contributed by atoms with Gasteiger partial charge in [0.2, 0.25) is 0 Å². The minimum atomic E-state index is 0.0286. The third-order valence-corrected chi connectivity index (χ3v) is 2.65. The first-order valence-corrected chi connectivity index (χ1v) is 4.89. The summed E-state index contributed by atoms with van der Waals surface area (Å²) in [6.07, 6.45) is 0.977. The van der Waals surface area contributed by atoms with Gasteiger partial charge in [0.05, 0.1) is 19.3 Å². The second-order valence-corrected chi connectivity index (χ2v) is 3.49. The average molecular weight is 193 g/mol. The van der Waals surface area contributed by atoms with Gasteiger partial charge in [0.1, 0.15) is 5.75 Å². The summed E-state index contributed by atoms with van der Waals surface area (Å²) >= 11 is 0. The van der Waals surface area contributed by atoms with Crippen molar-refractivity contribution in [2.45, 2.75) is 12.5 Å². The van der Waals surface area contributed by atoms with Crippen molar-refractivity contribution in [1.29, 1.82) is 0 Å². The van der Waals surface area contributed by atoms with E-state index in [0.717, 1.165) is 24.3 Å². The molecular weight excluding hydrogens is 178 g/mol. The monoisotopic (exact) mass is 193 g/mol. The van der Waals surface area contributed by atoms with Crippen molar-refractivity contribution in [2.24, 2.45) is 0 Å². The molecule has 14 heavy (non-hydrogen) atoms. The fourth-order valence-electron chi connectivity index (χ4n) is 1.79. The maximum Gasteiger partial charge on any atom is 0.122 e. The van der Waals surface area contributed by atoms with Crippen LogP contribution < -0.4 is 10.1 Å². The Morgan fingerprint density at radius 2 is 2.43 bits per heavy atom. The molecule has 0 aliphatic carbocycles. The summed E-state index contributed by atoms with van der Waals surface area (Å²) in [6.45, 7) is 0.901. The zero-order valence-electron chi connectivity index (χ0n) is 8.29. The molecule has 0 spiro atoms. The lowest BCUT2D eigenvalue weighted by Crippen LogP contribution is -2.19. The van der Waals surface area contributed by atoms with Gasteiger partial charge in [-0.05, 0) is 24.2 Å². The Labute approximate surface area is 83.7 Å². The fourth-order valence-corrected chi connectivity index (χ4v) is 1.79. The zero-order valence-corrected chi connectivity index (χ0v) is 8.29. The molecule has 76 valence electrons. The first kappa shape index (κ1) is 9.49. The van der Waals surface area contributed by atoms with E-state index >= 15 is 0 Å². The van der Waals surface area contributed by atoms with Crippen LogP contribution in [0.4, 0.5) is 0 Å². The van der Waals surface area contributed by atoms with Gasteiger partial charge in [-0.15, -0.1) is 0 Å². The lowest BCUT2D eigenvalue weighted by molar-refractivity contribution is 0.251. The molecule has 3 nitrogen and oxygen atoms in total. The molecule has 0 fully saturated rings. The SMILES string of the molecule is CNC(CO)c1ccc2c(c1)CCO2. The lowest BCUT2D eigenvalue weighted by atomic mass is 10.0. The van der Waals surface area contributed by atoms with Crippen molar-refractivity contribution < 1.29 is 9.84 Å². The average Bonchev–Trinajstić information content (AvgIpc) is 2.66. The van der Waals surface area contributed by atoms with Gasteiger partial charge in [0.15, 0.2) is 0 Å². The Hall–Kier alpha value is -1.06. The lowest BCUT2D eigenvalue weighted by Gasteiger charge is -2.14. The van der Waals surface area contributed by atoms with E-state index < -0.39 is 0 Å². The van der Waals surface area contributed by atoms with Crippen LogP contribution in [0, 0.1) is 0 Å². The number of benzene rings is 1. The summed E-state index contributed by atoms with van der Waals surface area (Å²) in [6, 6.07) is 6.12. The van der Waals surface area contributed by atoms with Crippen LogP contribution in [0.5, 0.6) is 5.75 Å². The Balaban J connectivity index is 2.27. The Morgan fingerprint density at radius 1 is 1.57 bits per heavy atom. The molecule has 1 aromatic rings. The quantitative estimate of drug-likeness (QED) is 0.748. The fraction of sp³-hybridized carbons (Fsp3) is 0.455. The van der Waals surface area contributed by atoms with Gasteiger partial charge in [-0.2, -0.15) is 0 Å². The van der Waals surface area contributed by atoms with Crippen LogP contribution in [0.1, 0.15) is 17.2 Å². The van der Waals surface area contributed by atoms with Crippen LogP contribution in [0.15, 0.2) is 18.2 Å². The highest BCUT2D eigenvalue weighted by Gasteiger charge is 2.15. The van der Waals surface area contributed by atoms with Crippen LogP contribution in [-0.4, -0.2) is 25.4 Å². The van der Waals surface area contributed by atoms with Gasteiger partial charge < -0.3 is 15.2 Å². The van der Waals surface area contributed by atoms with E-state index in [0.29, 0.717) is 0 Å². The number of hydrogen-bond acceptors (Lipinski definition) is 3. The van der Waals surface area contributed by atoms with Gasteiger partial charge >= 0.3 is 0 Å². The first-order chi connectivity index (χ1) is 6.85. The molecule has 1 aliphatic rings. The molecule has 1 atom stereocenters. The summed E-state index contributed by atoms with van der Waals surface area (Å²) in [7, 11) is 1.85. The van der Waals surface area contributed by atoms with E-state index in [1.807, 2.05) is 19.2 Å². The number of fused-ring (bicyclic) bond motifs is 1. The number of ether oxygens (including phenoxy) is 1. The van der Waals surface area contributed by atoms with Crippen LogP contribution in [-0.2, 0) is 6.42 Å². The molecular formula is C11H15NO2. The van der Waals surface area contributed by atoms with E-state index in [4.69, 9.17) is 9.84 Å². The molecule has 0 aromatic heterocycles. The van der Waals surface area contributed by atoms with Gasteiger partial charge in [-0.1, -0.05) is 12.1 Å². The Kier molecular flexibility index (Phi) is 2.70. The first-order valence-electron chi connectivity index (χ1n) is 4.89. The summed E-state index contributed by atoms with van der Waals surface area (Å²) in [5.41, 5.74) is 2.37. The molecule has 2 rings (SSSR count). The van der Waals surface area contributed by atoms with E-state index in [-0.39, 0.29) is 12.6 Å². The van der Waals surface area contributed by atoms with Crippen molar-refractivity contribution in [2.75, 3.05) is 20.3 Å². The number of likely N-dealkylation sites (N-methyl/N-ethyl adjacent to an activating group) is 1. The van der Waals surface area contributed by atoms with Crippen molar-refractivity contribution in [1.82, 2.24) is 5.32 Å². The second-order valence-electron chi connectivity index (χ2n) is 3.49. The smallest absolute Gasteiger partial charge is 0.122 e. The highest BCUT2D eigenvalue weighted by molar-refractivity contribution is 5.40. The van der Waals surface area contributed by atoms with Gasteiger partial charge in [0, 0.05) is 6.42 Å². The predicted octanol–water partition coefficient (Wildman–Crippen LogP) is 0.874. The summed E-state index contributed by atoms with van der Waals surface area (Å²) in [4.78, 5) is 0. The van der Waals surface area contributed by atoms with Crippen LogP contribution in [0.25, 0.3) is 0 Å². The summed E-state index contributed by atoms with van der Waals surface area (Å²) in [5, 5.41) is 12.2. The van der Waals surface area contributed by atoms with Crippen LogP contribution in [0.3, 0.4) is 0 Å². The van der Waals surface area contributed by atoms with E-state index in [2.05, 4.69) is 11.4 Å². The van der Waals surface area contributed by atoms with E-state index in [1.165, 1.54) is 5.56 Å². The van der Waals surface area contributed by atoms with Crippen molar-refractivity contribution in [3.05, 3.63) is 29.3 Å². The number of aliphatic hydroxyl groups is 1. The molecule has 1 unspecified atom stereocenters. The van der Waals surface area contributed by atoms with Crippen molar-refractivity contribution in [3.8, 4) is 5.75 Å². The maximum atomic E-state index is 9.13. The van der Waals surface area contributed by atoms with Gasteiger partial charge in [0.25, 0.3) is 0 Å². The second kappa shape index (κ2) is 3.98. The summed E-state index contributed by atoms with van der Waals surface area (Å²) < 4.78 is 5.42. The Bertz CT molecular complexity index is 321.